The normalized spacial score (nSPS) is 15.6. The summed E-state index contributed by atoms with van der Waals surface area (Å²) in [5.41, 5.74) is 0.959. The molecule has 0 bridgehead atoms. The number of hydrogen-bond donors (Lipinski definition) is 0. The molecule has 3 nitrogen and oxygen atoms in total. The second-order valence-electron chi connectivity index (χ2n) is 4.83. The van der Waals surface area contributed by atoms with E-state index in [0.29, 0.717) is 25.4 Å². The van der Waals surface area contributed by atoms with Crippen molar-refractivity contribution in [1.82, 2.24) is 0 Å². The molecule has 1 aromatic rings. The molecule has 1 aliphatic rings. The van der Waals surface area contributed by atoms with Gasteiger partial charge < -0.3 is 9.64 Å². The van der Waals surface area contributed by atoms with Crippen LogP contribution in [0.4, 0.5) is 18.9 Å². The van der Waals surface area contributed by atoms with E-state index in [-0.39, 0.29) is 5.56 Å². The Kier molecular flexibility index (Phi) is 4.53. The number of anilines is 1. The molecule has 0 aliphatic carbocycles. The second kappa shape index (κ2) is 6.19. The van der Waals surface area contributed by atoms with Crippen LogP contribution in [0.3, 0.4) is 0 Å². The first kappa shape index (κ1) is 15.4. The highest BCUT2D eigenvalue weighted by molar-refractivity contribution is 5.61. The molecule has 0 fully saturated rings. The minimum atomic E-state index is -4.43. The third kappa shape index (κ3) is 3.56. The maximum absolute atomic E-state index is 12.7. The van der Waals surface area contributed by atoms with Crippen LogP contribution in [0.2, 0.25) is 0 Å². The van der Waals surface area contributed by atoms with Crippen molar-refractivity contribution < 1.29 is 17.9 Å². The summed E-state index contributed by atoms with van der Waals surface area (Å²) >= 11 is 0. The van der Waals surface area contributed by atoms with Crippen LogP contribution >= 0.6 is 0 Å². The molecule has 0 saturated carbocycles. The Bertz CT molecular complexity index is 588. The van der Waals surface area contributed by atoms with Gasteiger partial charge in [0.1, 0.15) is 6.07 Å². The van der Waals surface area contributed by atoms with Crippen molar-refractivity contribution >= 4 is 5.69 Å². The van der Waals surface area contributed by atoms with Crippen LogP contribution in [-0.2, 0) is 10.9 Å². The Morgan fingerprint density at radius 3 is 2.67 bits per heavy atom. The van der Waals surface area contributed by atoms with Gasteiger partial charge >= 0.3 is 6.18 Å². The highest BCUT2D eigenvalue weighted by atomic mass is 19.4. The molecule has 1 heterocycles. The number of halogens is 3. The maximum Gasteiger partial charge on any atom is 0.416 e. The smallest absolute Gasteiger partial charge is 0.380 e. The van der Waals surface area contributed by atoms with E-state index in [1.54, 1.807) is 7.11 Å². The Labute approximate surface area is 121 Å². The third-order valence-electron chi connectivity index (χ3n) is 3.42. The zero-order chi connectivity index (χ0) is 15.5. The van der Waals surface area contributed by atoms with Gasteiger partial charge in [0.05, 0.1) is 23.4 Å². The van der Waals surface area contributed by atoms with Gasteiger partial charge in [-0.2, -0.15) is 18.4 Å². The molecule has 1 aliphatic heterocycles. The standard InChI is InChI=1S/C15H15F3N2O/c1-21-10-11-4-6-20(7-5-11)14-3-2-13(15(16,17)18)8-12(14)9-19/h2-4,8H,5-7,10H2,1H3. The largest absolute Gasteiger partial charge is 0.416 e. The third-order valence-corrected chi connectivity index (χ3v) is 3.42. The van der Waals surface area contributed by atoms with Gasteiger partial charge in [-0.3, -0.25) is 0 Å². The SMILES string of the molecule is COCC1=CCN(c2ccc(C(F)(F)F)cc2C#N)CC1. The van der Waals surface area contributed by atoms with Crippen LogP contribution in [-0.4, -0.2) is 26.8 Å². The highest BCUT2D eigenvalue weighted by Gasteiger charge is 2.31. The molecule has 21 heavy (non-hydrogen) atoms. The predicted molar refractivity (Wildman–Crippen MR) is 72.9 cm³/mol. The van der Waals surface area contributed by atoms with E-state index in [0.717, 1.165) is 18.6 Å². The predicted octanol–water partition coefficient (Wildman–Crippen LogP) is 3.36. The van der Waals surface area contributed by atoms with E-state index in [1.165, 1.54) is 11.6 Å². The second-order valence-corrected chi connectivity index (χ2v) is 4.83. The van der Waals surface area contributed by atoms with Gasteiger partial charge in [0.15, 0.2) is 0 Å². The van der Waals surface area contributed by atoms with Crippen LogP contribution in [0.25, 0.3) is 0 Å². The van der Waals surface area contributed by atoms with Crippen LogP contribution in [0.15, 0.2) is 29.8 Å². The highest BCUT2D eigenvalue weighted by Crippen LogP contribution is 2.33. The van der Waals surface area contributed by atoms with Crippen molar-refractivity contribution in [3.63, 3.8) is 0 Å². The fraction of sp³-hybridized carbons (Fsp3) is 0.400. The van der Waals surface area contributed by atoms with Gasteiger partial charge in [0.2, 0.25) is 0 Å². The molecular formula is C15H15F3N2O. The number of benzene rings is 1. The maximum atomic E-state index is 12.7. The van der Waals surface area contributed by atoms with Gasteiger partial charge in [-0.15, -0.1) is 0 Å². The Morgan fingerprint density at radius 2 is 2.14 bits per heavy atom. The Balaban J connectivity index is 2.24. The van der Waals surface area contributed by atoms with Crippen molar-refractivity contribution in [2.75, 3.05) is 31.7 Å². The van der Waals surface area contributed by atoms with Crippen LogP contribution in [0.1, 0.15) is 17.5 Å². The summed E-state index contributed by atoms with van der Waals surface area (Å²) in [6, 6.07) is 5.15. The van der Waals surface area contributed by atoms with Crippen LogP contribution in [0.5, 0.6) is 0 Å². The van der Waals surface area contributed by atoms with Crippen molar-refractivity contribution in [3.05, 3.63) is 41.0 Å². The number of rotatable bonds is 3. The molecule has 1 aromatic carbocycles. The van der Waals surface area contributed by atoms with E-state index in [2.05, 4.69) is 0 Å². The Morgan fingerprint density at radius 1 is 1.38 bits per heavy atom. The van der Waals surface area contributed by atoms with E-state index in [9.17, 15) is 13.2 Å². The minimum Gasteiger partial charge on any atom is -0.380 e. The quantitative estimate of drug-likeness (QED) is 0.802. The lowest BCUT2D eigenvalue weighted by Gasteiger charge is -2.29. The molecule has 0 unspecified atom stereocenters. The number of nitrogens with zero attached hydrogens (tertiary/aromatic N) is 2. The van der Waals surface area contributed by atoms with Gasteiger partial charge in [0, 0.05) is 20.2 Å². The molecule has 0 atom stereocenters. The van der Waals surface area contributed by atoms with Crippen molar-refractivity contribution in [2.24, 2.45) is 0 Å². The zero-order valence-electron chi connectivity index (χ0n) is 11.6. The molecular weight excluding hydrogens is 281 g/mol. The summed E-state index contributed by atoms with van der Waals surface area (Å²) in [5, 5.41) is 9.10. The molecule has 112 valence electrons. The molecule has 0 spiro atoms. The van der Waals surface area contributed by atoms with Gasteiger partial charge in [-0.25, -0.2) is 0 Å². The van der Waals surface area contributed by atoms with Crippen LogP contribution < -0.4 is 4.90 Å². The van der Waals surface area contributed by atoms with Gasteiger partial charge in [-0.1, -0.05) is 6.08 Å². The van der Waals surface area contributed by atoms with Crippen molar-refractivity contribution in [1.29, 1.82) is 5.26 Å². The molecule has 2 rings (SSSR count). The lowest BCUT2D eigenvalue weighted by atomic mass is 10.0. The summed E-state index contributed by atoms with van der Waals surface area (Å²) in [6.07, 6.45) is -1.66. The summed E-state index contributed by atoms with van der Waals surface area (Å²) < 4.78 is 43.1. The van der Waals surface area contributed by atoms with Crippen LogP contribution in [0, 0.1) is 11.3 Å². The molecule has 0 amide bonds. The van der Waals surface area contributed by atoms with E-state index >= 15 is 0 Å². The first-order valence-corrected chi connectivity index (χ1v) is 6.49. The monoisotopic (exact) mass is 296 g/mol. The number of methoxy groups -OCH3 is 1. The fourth-order valence-corrected chi connectivity index (χ4v) is 2.32. The Hall–Kier alpha value is -2.00. The zero-order valence-corrected chi connectivity index (χ0v) is 11.6. The number of ether oxygens (including phenoxy) is 1. The topological polar surface area (TPSA) is 36.3 Å². The average Bonchev–Trinajstić information content (AvgIpc) is 2.47. The summed E-state index contributed by atoms with van der Waals surface area (Å²) in [7, 11) is 1.62. The first-order chi connectivity index (χ1) is 9.95. The number of alkyl halides is 3. The number of hydrogen-bond acceptors (Lipinski definition) is 3. The molecule has 0 N–H and O–H groups in total. The lowest BCUT2D eigenvalue weighted by Crippen LogP contribution is -2.30. The van der Waals surface area contributed by atoms with Gasteiger partial charge in [0.25, 0.3) is 0 Å². The summed E-state index contributed by atoms with van der Waals surface area (Å²) in [4.78, 5) is 1.90. The molecule has 0 aromatic heterocycles. The molecule has 6 heteroatoms. The molecule has 0 saturated heterocycles. The van der Waals surface area contributed by atoms with E-state index in [1.807, 2.05) is 17.0 Å². The average molecular weight is 296 g/mol. The number of nitriles is 1. The van der Waals surface area contributed by atoms with E-state index < -0.39 is 11.7 Å². The summed E-state index contributed by atoms with van der Waals surface area (Å²) in [6.45, 7) is 1.79. The molecule has 0 radical (unpaired) electrons. The van der Waals surface area contributed by atoms with Gasteiger partial charge in [-0.05, 0) is 30.2 Å². The summed E-state index contributed by atoms with van der Waals surface area (Å²) in [5.74, 6) is 0. The first-order valence-electron chi connectivity index (χ1n) is 6.49. The fourth-order valence-electron chi connectivity index (χ4n) is 2.32. The van der Waals surface area contributed by atoms with Crippen molar-refractivity contribution in [3.8, 4) is 6.07 Å². The minimum absolute atomic E-state index is 0.0495. The van der Waals surface area contributed by atoms with Crippen molar-refractivity contribution in [2.45, 2.75) is 12.6 Å². The lowest BCUT2D eigenvalue weighted by molar-refractivity contribution is -0.137. The van der Waals surface area contributed by atoms with E-state index in [4.69, 9.17) is 10.00 Å².